The first-order chi connectivity index (χ1) is 8.03. The second kappa shape index (κ2) is 6.10. The van der Waals surface area contributed by atoms with Crippen LogP contribution in [0.5, 0.6) is 0 Å². The average Bonchev–Trinajstić information content (AvgIpc) is 2.66. The van der Waals surface area contributed by atoms with Crippen LogP contribution >= 0.6 is 0 Å². The topological polar surface area (TPSA) is 110 Å². The fourth-order valence-electron chi connectivity index (χ4n) is 1.43. The molecule has 0 fully saturated rings. The summed E-state index contributed by atoms with van der Waals surface area (Å²) in [7, 11) is -3.57. The van der Waals surface area contributed by atoms with Gasteiger partial charge in [-0.2, -0.15) is 5.10 Å². The van der Waals surface area contributed by atoms with E-state index in [2.05, 4.69) is 14.9 Å². The van der Waals surface area contributed by atoms with Gasteiger partial charge in [-0.15, -0.1) is 0 Å². The molecule has 1 rings (SSSR count). The number of aromatic amines is 1. The van der Waals surface area contributed by atoms with E-state index in [-0.39, 0.29) is 18.0 Å². The first-order valence-corrected chi connectivity index (χ1v) is 6.82. The Morgan fingerprint density at radius 2 is 2.24 bits per heavy atom. The first kappa shape index (κ1) is 14.1. The van der Waals surface area contributed by atoms with E-state index in [1.165, 1.54) is 0 Å². The maximum atomic E-state index is 12.0. The summed E-state index contributed by atoms with van der Waals surface area (Å²) in [4.78, 5) is 0.136. The lowest BCUT2D eigenvalue weighted by Crippen LogP contribution is -2.28. The number of H-pyrrole nitrogens is 1. The van der Waals surface area contributed by atoms with Gasteiger partial charge in [-0.05, 0) is 13.8 Å². The minimum absolute atomic E-state index is 0.0754. The molecule has 8 heteroatoms. The van der Waals surface area contributed by atoms with Gasteiger partial charge in [-0.1, -0.05) is 0 Å². The van der Waals surface area contributed by atoms with Gasteiger partial charge in [0.1, 0.15) is 4.90 Å². The van der Waals surface area contributed by atoms with Crippen LogP contribution < -0.4 is 10.5 Å². The fraction of sp³-hybridized carbons (Fsp3) is 0.667. The summed E-state index contributed by atoms with van der Waals surface area (Å²) in [6, 6.07) is 0. The SMILES string of the molecule is CCOCCNS(=O)(=O)c1c(CN)n[nH]c1C. The molecular weight excluding hydrogens is 244 g/mol. The quantitative estimate of drug-likeness (QED) is 0.573. The van der Waals surface area contributed by atoms with Crippen molar-refractivity contribution in [1.29, 1.82) is 0 Å². The Balaban J connectivity index is 2.78. The third kappa shape index (κ3) is 3.50. The third-order valence-corrected chi connectivity index (χ3v) is 3.83. The molecule has 0 amide bonds. The molecule has 98 valence electrons. The highest BCUT2D eigenvalue weighted by Gasteiger charge is 2.22. The fourth-order valence-corrected chi connectivity index (χ4v) is 2.81. The van der Waals surface area contributed by atoms with Crippen LogP contribution in [0.2, 0.25) is 0 Å². The molecule has 4 N–H and O–H groups in total. The van der Waals surface area contributed by atoms with Crippen molar-refractivity contribution in [3.63, 3.8) is 0 Å². The molecule has 0 atom stereocenters. The van der Waals surface area contributed by atoms with Crippen LogP contribution in [0.25, 0.3) is 0 Å². The summed E-state index contributed by atoms with van der Waals surface area (Å²) in [5, 5.41) is 6.46. The van der Waals surface area contributed by atoms with E-state index in [1.54, 1.807) is 6.92 Å². The second-order valence-corrected chi connectivity index (χ2v) is 5.13. The van der Waals surface area contributed by atoms with Crippen LogP contribution in [0.3, 0.4) is 0 Å². The molecule has 7 nitrogen and oxygen atoms in total. The lowest BCUT2D eigenvalue weighted by molar-refractivity contribution is 0.153. The highest BCUT2D eigenvalue weighted by molar-refractivity contribution is 7.89. The number of hydrogen-bond donors (Lipinski definition) is 3. The molecule has 0 radical (unpaired) electrons. The Labute approximate surface area is 101 Å². The number of sulfonamides is 1. The molecule has 0 saturated heterocycles. The van der Waals surface area contributed by atoms with Crippen LogP contribution in [0.4, 0.5) is 0 Å². The van der Waals surface area contributed by atoms with Crippen molar-refractivity contribution in [2.75, 3.05) is 19.8 Å². The van der Waals surface area contributed by atoms with Crippen molar-refractivity contribution in [1.82, 2.24) is 14.9 Å². The minimum Gasteiger partial charge on any atom is -0.380 e. The normalized spacial score (nSPS) is 11.9. The number of aryl methyl sites for hydroxylation is 1. The Bertz CT molecular complexity index is 455. The Morgan fingerprint density at radius 1 is 1.53 bits per heavy atom. The van der Waals surface area contributed by atoms with Gasteiger partial charge in [0.05, 0.1) is 18.0 Å². The van der Waals surface area contributed by atoms with E-state index in [0.29, 0.717) is 24.6 Å². The summed E-state index contributed by atoms with van der Waals surface area (Å²) < 4.78 is 31.5. The van der Waals surface area contributed by atoms with Crippen molar-refractivity contribution in [2.24, 2.45) is 5.73 Å². The summed E-state index contributed by atoms with van der Waals surface area (Å²) >= 11 is 0. The van der Waals surface area contributed by atoms with Crippen molar-refractivity contribution in [3.8, 4) is 0 Å². The summed E-state index contributed by atoms with van der Waals surface area (Å²) in [6.45, 7) is 4.69. The van der Waals surface area contributed by atoms with E-state index < -0.39 is 10.0 Å². The second-order valence-electron chi connectivity index (χ2n) is 3.42. The number of aromatic nitrogens is 2. The number of nitrogens with two attached hydrogens (primary N) is 1. The zero-order chi connectivity index (χ0) is 12.9. The molecule has 0 saturated carbocycles. The Hall–Kier alpha value is -0.960. The van der Waals surface area contributed by atoms with Gasteiger partial charge in [0.2, 0.25) is 10.0 Å². The van der Waals surface area contributed by atoms with Gasteiger partial charge in [0.25, 0.3) is 0 Å². The van der Waals surface area contributed by atoms with Gasteiger partial charge < -0.3 is 10.5 Å². The standard InChI is InChI=1S/C9H18N4O3S/c1-3-16-5-4-11-17(14,15)9-7(2)12-13-8(9)6-10/h11H,3-6,10H2,1-2H3,(H,12,13). The lowest BCUT2D eigenvalue weighted by Gasteiger charge is -2.07. The molecule has 0 bridgehead atoms. The molecule has 1 aromatic rings. The van der Waals surface area contributed by atoms with Crippen LogP contribution in [-0.2, 0) is 21.3 Å². The molecule has 1 heterocycles. The van der Waals surface area contributed by atoms with Crippen molar-refractivity contribution in [2.45, 2.75) is 25.3 Å². The van der Waals surface area contributed by atoms with E-state index in [9.17, 15) is 8.42 Å². The van der Waals surface area contributed by atoms with Crippen LogP contribution in [0, 0.1) is 6.92 Å². The molecule has 0 aliphatic carbocycles. The number of hydrogen-bond acceptors (Lipinski definition) is 5. The minimum atomic E-state index is -3.57. The molecule has 0 unspecified atom stereocenters. The first-order valence-electron chi connectivity index (χ1n) is 5.34. The van der Waals surface area contributed by atoms with Gasteiger partial charge in [0, 0.05) is 19.7 Å². The maximum Gasteiger partial charge on any atom is 0.244 e. The molecule has 0 aromatic carbocycles. The zero-order valence-electron chi connectivity index (χ0n) is 9.99. The van der Waals surface area contributed by atoms with Gasteiger partial charge in [-0.3, -0.25) is 5.10 Å². The molecular formula is C9H18N4O3S. The van der Waals surface area contributed by atoms with Crippen molar-refractivity contribution in [3.05, 3.63) is 11.4 Å². The van der Waals surface area contributed by atoms with Gasteiger partial charge >= 0.3 is 0 Å². The highest BCUT2D eigenvalue weighted by atomic mass is 32.2. The molecule has 17 heavy (non-hydrogen) atoms. The monoisotopic (exact) mass is 262 g/mol. The summed E-state index contributed by atoms with van der Waals surface area (Å²) in [5.41, 5.74) is 6.26. The van der Waals surface area contributed by atoms with E-state index in [1.807, 2.05) is 6.92 Å². The lowest BCUT2D eigenvalue weighted by atomic mass is 10.4. The molecule has 0 spiro atoms. The van der Waals surface area contributed by atoms with Crippen LogP contribution in [0.1, 0.15) is 18.3 Å². The molecule has 0 aliphatic heterocycles. The average molecular weight is 262 g/mol. The molecule has 1 aromatic heterocycles. The van der Waals surface area contributed by atoms with Crippen LogP contribution in [0.15, 0.2) is 4.90 Å². The number of ether oxygens (including phenoxy) is 1. The maximum absolute atomic E-state index is 12.0. The van der Waals surface area contributed by atoms with E-state index >= 15 is 0 Å². The van der Waals surface area contributed by atoms with E-state index in [4.69, 9.17) is 10.5 Å². The summed E-state index contributed by atoms with van der Waals surface area (Å²) in [5.74, 6) is 0. The van der Waals surface area contributed by atoms with Crippen LogP contribution in [-0.4, -0.2) is 38.4 Å². The Kier molecular flexibility index (Phi) is 5.06. The predicted octanol–water partition coefficient (Wildman–Crippen LogP) is -0.508. The number of nitrogens with zero attached hydrogens (tertiary/aromatic N) is 1. The Morgan fingerprint density at radius 3 is 2.82 bits per heavy atom. The van der Waals surface area contributed by atoms with Crippen molar-refractivity contribution < 1.29 is 13.2 Å². The van der Waals surface area contributed by atoms with Crippen molar-refractivity contribution >= 4 is 10.0 Å². The highest BCUT2D eigenvalue weighted by Crippen LogP contribution is 2.16. The van der Waals surface area contributed by atoms with Gasteiger partial charge in [0.15, 0.2) is 0 Å². The smallest absolute Gasteiger partial charge is 0.244 e. The largest absolute Gasteiger partial charge is 0.380 e. The summed E-state index contributed by atoms with van der Waals surface area (Å²) in [6.07, 6.45) is 0. The predicted molar refractivity (Wildman–Crippen MR) is 62.9 cm³/mol. The van der Waals surface area contributed by atoms with Gasteiger partial charge in [-0.25, -0.2) is 13.1 Å². The third-order valence-electron chi connectivity index (χ3n) is 2.17. The number of rotatable bonds is 7. The van der Waals surface area contributed by atoms with E-state index in [0.717, 1.165) is 0 Å². The molecule has 0 aliphatic rings. The zero-order valence-corrected chi connectivity index (χ0v) is 10.8. The number of nitrogens with one attached hydrogen (secondary N) is 2.